The van der Waals surface area contributed by atoms with Crippen LogP contribution in [0.2, 0.25) is 0 Å². The molecule has 0 aliphatic carbocycles. The Bertz CT molecular complexity index is 1590. The van der Waals surface area contributed by atoms with Gasteiger partial charge in [0, 0.05) is 109 Å². The van der Waals surface area contributed by atoms with E-state index in [1.54, 1.807) is 0 Å². The average Bonchev–Trinajstić information content (AvgIpc) is 3.66. The highest BCUT2D eigenvalue weighted by Crippen LogP contribution is 2.23. The maximum absolute atomic E-state index is 12.9. The lowest BCUT2D eigenvalue weighted by Crippen LogP contribution is -2.47. The number of carbonyl (C=O) groups excluding carboxylic acids is 5. The summed E-state index contributed by atoms with van der Waals surface area (Å²) in [5.41, 5.74) is 0. The third-order valence-corrected chi connectivity index (χ3v) is 18.7. The summed E-state index contributed by atoms with van der Waals surface area (Å²) in [4.78, 5) is 70.7. The number of aliphatic hydroxyl groups excluding tert-OH is 4. The third kappa shape index (κ3) is 48.6. The molecule has 0 aromatic rings. The molecule has 0 radical (unpaired) electrons. The van der Waals surface area contributed by atoms with E-state index in [0.29, 0.717) is 192 Å². The van der Waals surface area contributed by atoms with Crippen LogP contribution in [0, 0.1) is 23.7 Å². The number of carbonyl (C=O) groups is 5. The molecule has 0 aromatic heterocycles. The van der Waals surface area contributed by atoms with Crippen LogP contribution in [0.1, 0.15) is 222 Å². The van der Waals surface area contributed by atoms with E-state index >= 15 is 0 Å². The number of rotatable bonds is 58. The zero-order valence-electron chi connectivity index (χ0n) is 55.4. The van der Waals surface area contributed by atoms with Crippen LogP contribution in [0.5, 0.6) is 0 Å². The van der Waals surface area contributed by atoms with Gasteiger partial charge < -0.3 is 44.1 Å². The first-order valence-corrected chi connectivity index (χ1v) is 36.5. The van der Waals surface area contributed by atoms with Crippen molar-refractivity contribution < 1.29 is 68.1 Å². The summed E-state index contributed by atoms with van der Waals surface area (Å²) in [7, 11) is 3.79. The molecule has 86 heavy (non-hydrogen) atoms. The average molecular weight is 1260 g/mol. The lowest BCUT2D eigenvalue weighted by Gasteiger charge is -2.34. The minimum Gasteiger partial charge on any atom is -0.466 e. The molecular weight excluding hydrogens is 1140 g/mol. The van der Waals surface area contributed by atoms with E-state index in [9.17, 15) is 44.4 Å². The second kappa shape index (κ2) is 54.5. The van der Waals surface area contributed by atoms with E-state index in [1.807, 2.05) is 26.5 Å². The molecule has 1 fully saturated rings. The summed E-state index contributed by atoms with van der Waals surface area (Å²) in [6, 6.07) is 0. The highest BCUT2D eigenvalue weighted by Gasteiger charge is 2.21. The van der Waals surface area contributed by atoms with Crippen LogP contribution in [0.3, 0.4) is 0 Å². The topological polar surface area (TPSA) is 225 Å². The highest BCUT2D eigenvalue weighted by molar-refractivity contribution is 8.76. The van der Waals surface area contributed by atoms with Gasteiger partial charge in [-0.1, -0.05) is 128 Å². The SMILES string of the molecule is CCC(CC)COC(=O)CCCCC(O)CN(CCCC(=O)OCCN1CCN(CCSSCCCCN(CC(O)CCCCC(=O)OCCC(C)C)CC(O)CCCCC(=O)OCCC(C)C)CC1)CC(O)CCCCC(=O)OCC(CC)CC. The van der Waals surface area contributed by atoms with Gasteiger partial charge in [-0.05, 0) is 120 Å². The molecule has 506 valence electrons. The van der Waals surface area contributed by atoms with Gasteiger partial charge in [0.1, 0.15) is 6.61 Å². The molecular formula is C66H126N4O14S2. The first kappa shape index (κ1) is 81.7. The zero-order chi connectivity index (χ0) is 63.6. The monoisotopic (exact) mass is 1260 g/mol. The lowest BCUT2D eigenvalue weighted by atomic mass is 10.1. The van der Waals surface area contributed by atoms with Crippen LogP contribution < -0.4 is 0 Å². The van der Waals surface area contributed by atoms with Crippen LogP contribution in [0.4, 0.5) is 0 Å². The molecule has 0 spiro atoms. The number of hydrogen-bond acceptors (Lipinski definition) is 20. The molecule has 4 atom stereocenters. The highest BCUT2D eigenvalue weighted by atomic mass is 33.1. The maximum atomic E-state index is 12.9. The van der Waals surface area contributed by atoms with Crippen LogP contribution in [0.25, 0.3) is 0 Å². The summed E-state index contributed by atoms with van der Waals surface area (Å²) >= 11 is 0. The molecule has 20 heteroatoms. The minimum absolute atomic E-state index is 0.181. The second-order valence-electron chi connectivity index (χ2n) is 25.0. The van der Waals surface area contributed by atoms with E-state index in [2.05, 4.69) is 70.1 Å². The number of aliphatic hydroxyl groups is 4. The van der Waals surface area contributed by atoms with Gasteiger partial charge in [-0.15, -0.1) is 0 Å². The Labute approximate surface area is 530 Å². The molecule has 0 amide bonds. The van der Waals surface area contributed by atoms with Crippen molar-refractivity contribution in [2.45, 2.75) is 247 Å². The Morgan fingerprint density at radius 1 is 0.395 bits per heavy atom. The van der Waals surface area contributed by atoms with Crippen LogP contribution >= 0.6 is 21.6 Å². The summed E-state index contributed by atoms with van der Waals surface area (Å²) in [5.74, 6) is 2.75. The molecule has 0 bridgehead atoms. The molecule has 0 aromatic carbocycles. The molecule has 1 saturated heterocycles. The fraction of sp³-hybridized carbons (Fsp3) is 0.924. The van der Waals surface area contributed by atoms with E-state index in [1.165, 1.54) is 0 Å². The van der Waals surface area contributed by atoms with Crippen molar-refractivity contribution >= 4 is 51.4 Å². The summed E-state index contributed by atoms with van der Waals surface area (Å²) in [6.45, 7) is 27.3. The van der Waals surface area contributed by atoms with Crippen molar-refractivity contribution in [3.05, 3.63) is 0 Å². The lowest BCUT2D eigenvalue weighted by molar-refractivity contribution is -0.146. The quantitative estimate of drug-likeness (QED) is 0.0192. The summed E-state index contributed by atoms with van der Waals surface area (Å²) in [6.07, 6.45) is 14.9. The Hall–Kier alpha value is -2.27. The molecule has 18 nitrogen and oxygen atoms in total. The Morgan fingerprint density at radius 3 is 1.09 bits per heavy atom. The van der Waals surface area contributed by atoms with Crippen molar-refractivity contribution in [2.75, 3.05) is 123 Å². The van der Waals surface area contributed by atoms with Crippen LogP contribution in [-0.4, -0.2) is 217 Å². The van der Waals surface area contributed by atoms with Crippen molar-refractivity contribution in [2.24, 2.45) is 23.7 Å². The number of piperazine rings is 1. The van der Waals surface area contributed by atoms with Crippen molar-refractivity contribution in [1.29, 1.82) is 0 Å². The van der Waals surface area contributed by atoms with Crippen molar-refractivity contribution in [3.8, 4) is 0 Å². The van der Waals surface area contributed by atoms with Gasteiger partial charge in [0.2, 0.25) is 0 Å². The Balaban J connectivity index is 2.47. The smallest absolute Gasteiger partial charge is 0.305 e. The molecule has 1 aliphatic heterocycles. The van der Waals surface area contributed by atoms with Gasteiger partial charge in [-0.2, -0.15) is 0 Å². The number of esters is 5. The molecule has 1 heterocycles. The van der Waals surface area contributed by atoms with Gasteiger partial charge in [0.15, 0.2) is 0 Å². The first-order chi connectivity index (χ1) is 41.3. The molecule has 0 saturated carbocycles. The molecule has 1 aliphatic rings. The molecule has 1 rings (SSSR count). The minimum atomic E-state index is -0.653. The number of unbranched alkanes of at least 4 members (excludes halogenated alkanes) is 5. The predicted octanol–water partition coefficient (Wildman–Crippen LogP) is 10.5. The second-order valence-corrected chi connectivity index (χ2v) is 27.7. The number of hydrogen-bond donors (Lipinski definition) is 4. The van der Waals surface area contributed by atoms with E-state index in [-0.39, 0.29) is 36.3 Å². The van der Waals surface area contributed by atoms with E-state index < -0.39 is 24.4 Å². The predicted molar refractivity (Wildman–Crippen MR) is 349 cm³/mol. The molecule has 4 unspecified atom stereocenters. The van der Waals surface area contributed by atoms with Crippen molar-refractivity contribution in [1.82, 2.24) is 19.6 Å². The van der Waals surface area contributed by atoms with Gasteiger partial charge in [0.05, 0.1) is 50.8 Å². The normalized spacial score (nSPS) is 14.8. The molecule has 4 N–H and O–H groups in total. The Kier molecular flexibility index (Phi) is 51.8. The van der Waals surface area contributed by atoms with Gasteiger partial charge in [-0.25, -0.2) is 0 Å². The van der Waals surface area contributed by atoms with Gasteiger partial charge >= 0.3 is 29.8 Å². The fourth-order valence-corrected chi connectivity index (χ4v) is 12.2. The van der Waals surface area contributed by atoms with E-state index in [4.69, 9.17) is 23.7 Å². The third-order valence-electron chi connectivity index (χ3n) is 16.3. The maximum Gasteiger partial charge on any atom is 0.305 e. The largest absolute Gasteiger partial charge is 0.466 e. The van der Waals surface area contributed by atoms with Crippen LogP contribution in [0.15, 0.2) is 0 Å². The van der Waals surface area contributed by atoms with E-state index in [0.717, 1.165) is 115 Å². The fourth-order valence-electron chi connectivity index (χ4n) is 10.1. The first-order valence-electron chi connectivity index (χ1n) is 34.0. The van der Waals surface area contributed by atoms with Gasteiger partial charge in [0.25, 0.3) is 0 Å². The summed E-state index contributed by atoms with van der Waals surface area (Å²) in [5, 5.41) is 44.0. The standard InChI is InChI=1S/C66H126N4O14S2/c1-9-56(10-2)52-83-65(78)30-19-15-26-60(73)50-70(51-61(74)27-16-20-31-66(79)84-53-57(11-3)12-4)36-23-32-64(77)82-45-41-67-37-39-68(40-38-67)42-47-86-85-46-22-21-35-69(48-58(71)24-13-17-28-62(75)80-43-33-54(5)6)49-59(72)25-14-18-29-63(76)81-44-34-55(7)8/h54-61,71-74H,9-53H2,1-8H3. The van der Waals surface area contributed by atoms with Crippen molar-refractivity contribution in [3.63, 3.8) is 0 Å². The summed E-state index contributed by atoms with van der Waals surface area (Å²) < 4.78 is 27.3. The van der Waals surface area contributed by atoms with Crippen LogP contribution in [-0.2, 0) is 47.7 Å². The zero-order valence-corrected chi connectivity index (χ0v) is 57.0. The number of nitrogens with zero attached hydrogens (tertiary/aromatic N) is 4. The Morgan fingerprint density at radius 2 is 0.721 bits per heavy atom. The number of ether oxygens (including phenoxy) is 5. The van der Waals surface area contributed by atoms with Gasteiger partial charge in [-0.3, -0.25) is 43.6 Å².